The van der Waals surface area contributed by atoms with Crippen molar-refractivity contribution in [3.8, 4) is 0 Å². The number of hydrogen-bond donors (Lipinski definition) is 1. The molecule has 0 aromatic rings. The van der Waals surface area contributed by atoms with Gasteiger partial charge >= 0.3 is 7.75 Å². The zero-order valence-corrected chi connectivity index (χ0v) is 9.00. The van der Waals surface area contributed by atoms with Crippen LogP contribution < -0.4 is 0 Å². The Morgan fingerprint density at radius 1 is 1.38 bits per heavy atom. The fraction of sp³-hybridized carbons (Fsp3) is 1.00. The summed E-state index contributed by atoms with van der Waals surface area (Å²) in [6, 6.07) is 0. The number of piperidine rings is 1. The lowest BCUT2D eigenvalue weighted by Crippen LogP contribution is -2.27. The predicted molar refractivity (Wildman–Crippen MR) is 51.5 cm³/mol. The molecule has 78 valence electrons. The molecule has 1 rings (SSSR count). The summed E-state index contributed by atoms with van der Waals surface area (Å²) < 4.78 is 18.1. The van der Waals surface area contributed by atoms with E-state index in [1.807, 2.05) is 6.92 Å². The third-order valence-corrected chi connectivity index (χ3v) is 3.79. The molecule has 0 spiro atoms. The molecule has 4 nitrogen and oxygen atoms in total. The van der Waals surface area contributed by atoms with E-state index in [4.69, 9.17) is 4.52 Å². The summed E-state index contributed by atoms with van der Waals surface area (Å²) in [5.41, 5.74) is 0. The first kappa shape index (κ1) is 11.2. The van der Waals surface area contributed by atoms with Crippen molar-refractivity contribution < 1.29 is 14.0 Å². The minimum Gasteiger partial charge on any atom is -0.312 e. The molecule has 0 saturated carbocycles. The van der Waals surface area contributed by atoms with Gasteiger partial charge in [0.1, 0.15) is 0 Å². The SMILES string of the molecule is CCCOP(=O)(O)N1CCCCC1. The summed E-state index contributed by atoms with van der Waals surface area (Å²) in [5.74, 6) is 0. The van der Waals surface area contributed by atoms with Gasteiger partial charge in [0.15, 0.2) is 0 Å². The summed E-state index contributed by atoms with van der Waals surface area (Å²) in [6.07, 6.45) is 3.93. The maximum absolute atomic E-state index is 11.6. The molecular formula is C8H18NO3P. The molecule has 0 radical (unpaired) electrons. The molecular weight excluding hydrogens is 189 g/mol. The van der Waals surface area contributed by atoms with E-state index in [-0.39, 0.29) is 0 Å². The highest BCUT2D eigenvalue weighted by Gasteiger charge is 2.30. The van der Waals surface area contributed by atoms with Crippen LogP contribution in [0.1, 0.15) is 32.6 Å². The van der Waals surface area contributed by atoms with Crippen molar-refractivity contribution in [1.82, 2.24) is 4.67 Å². The van der Waals surface area contributed by atoms with Gasteiger partial charge in [-0.25, -0.2) is 9.24 Å². The second-order valence-corrected chi connectivity index (χ2v) is 5.14. The van der Waals surface area contributed by atoms with Crippen molar-refractivity contribution in [1.29, 1.82) is 0 Å². The monoisotopic (exact) mass is 207 g/mol. The van der Waals surface area contributed by atoms with Crippen LogP contribution in [-0.2, 0) is 9.09 Å². The van der Waals surface area contributed by atoms with Crippen LogP contribution in [0.2, 0.25) is 0 Å². The fourth-order valence-corrected chi connectivity index (χ4v) is 2.79. The lowest BCUT2D eigenvalue weighted by atomic mass is 10.2. The van der Waals surface area contributed by atoms with Gasteiger partial charge in [-0.3, -0.25) is 4.52 Å². The first-order chi connectivity index (χ1) is 6.17. The van der Waals surface area contributed by atoms with E-state index in [1.165, 1.54) is 0 Å². The third-order valence-electron chi connectivity index (χ3n) is 2.15. The molecule has 1 aliphatic heterocycles. The standard InChI is InChI=1S/C8H18NO3P/c1-2-8-12-13(10,11)9-6-4-3-5-7-9/h2-8H2,1H3,(H,10,11). The van der Waals surface area contributed by atoms with Gasteiger partial charge < -0.3 is 4.89 Å². The summed E-state index contributed by atoms with van der Waals surface area (Å²) in [4.78, 5) is 9.53. The topological polar surface area (TPSA) is 49.8 Å². The second kappa shape index (κ2) is 5.11. The van der Waals surface area contributed by atoms with Gasteiger partial charge in [0, 0.05) is 13.1 Å². The molecule has 1 aliphatic rings. The van der Waals surface area contributed by atoms with Crippen LogP contribution in [0.5, 0.6) is 0 Å². The Kier molecular flexibility index (Phi) is 4.39. The first-order valence-electron chi connectivity index (χ1n) is 4.89. The molecule has 5 heteroatoms. The minimum absolute atomic E-state index is 0.365. The predicted octanol–water partition coefficient (Wildman–Crippen LogP) is 2.00. The van der Waals surface area contributed by atoms with Crippen molar-refractivity contribution >= 4 is 7.75 Å². The van der Waals surface area contributed by atoms with Gasteiger partial charge in [0.05, 0.1) is 6.61 Å². The molecule has 1 unspecified atom stereocenters. The highest BCUT2D eigenvalue weighted by molar-refractivity contribution is 7.50. The molecule has 1 heterocycles. The van der Waals surface area contributed by atoms with Gasteiger partial charge in [-0.15, -0.1) is 0 Å². The van der Waals surface area contributed by atoms with Gasteiger partial charge in [-0.2, -0.15) is 0 Å². The van der Waals surface area contributed by atoms with E-state index in [9.17, 15) is 9.46 Å². The van der Waals surface area contributed by atoms with Crippen LogP contribution in [0.4, 0.5) is 0 Å². The maximum Gasteiger partial charge on any atom is 0.405 e. The number of rotatable bonds is 4. The smallest absolute Gasteiger partial charge is 0.312 e. The number of nitrogens with zero attached hydrogens (tertiary/aromatic N) is 1. The van der Waals surface area contributed by atoms with Crippen LogP contribution in [-0.4, -0.2) is 29.3 Å². The van der Waals surface area contributed by atoms with Gasteiger partial charge in [0.25, 0.3) is 0 Å². The fourth-order valence-electron chi connectivity index (χ4n) is 1.42. The minimum atomic E-state index is -3.45. The van der Waals surface area contributed by atoms with Crippen molar-refractivity contribution in [3.05, 3.63) is 0 Å². The highest BCUT2D eigenvalue weighted by atomic mass is 31.2. The molecule has 0 bridgehead atoms. The molecule has 1 N–H and O–H groups in total. The maximum atomic E-state index is 11.6. The van der Waals surface area contributed by atoms with Gasteiger partial charge in [0.2, 0.25) is 0 Å². The van der Waals surface area contributed by atoms with Crippen molar-refractivity contribution in [2.24, 2.45) is 0 Å². The quantitative estimate of drug-likeness (QED) is 0.716. The zero-order valence-electron chi connectivity index (χ0n) is 8.11. The van der Waals surface area contributed by atoms with E-state index in [2.05, 4.69) is 0 Å². The average molecular weight is 207 g/mol. The molecule has 1 fully saturated rings. The van der Waals surface area contributed by atoms with Gasteiger partial charge in [-0.1, -0.05) is 13.3 Å². The van der Waals surface area contributed by atoms with Crippen LogP contribution in [0, 0.1) is 0 Å². The summed E-state index contributed by atoms with van der Waals surface area (Å²) >= 11 is 0. The third kappa shape index (κ3) is 3.39. The van der Waals surface area contributed by atoms with Crippen molar-refractivity contribution in [2.45, 2.75) is 32.6 Å². The normalized spacial score (nSPS) is 24.2. The average Bonchev–Trinajstić information content (AvgIpc) is 2.16. The molecule has 1 atom stereocenters. The van der Waals surface area contributed by atoms with Crippen LogP contribution in [0.3, 0.4) is 0 Å². The summed E-state index contributed by atoms with van der Waals surface area (Å²) in [6.45, 7) is 3.68. The summed E-state index contributed by atoms with van der Waals surface area (Å²) in [7, 11) is -3.45. The zero-order chi connectivity index (χ0) is 9.73. The van der Waals surface area contributed by atoms with Crippen LogP contribution >= 0.6 is 7.75 Å². The Labute approximate surface area is 79.5 Å². The van der Waals surface area contributed by atoms with Crippen LogP contribution in [0.25, 0.3) is 0 Å². The largest absolute Gasteiger partial charge is 0.405 e. The summed E-state index contributed by atoms with van der Waals surface area (Å²) in [5, 5.41) is 0. The molecule has 0 amide bonds. The number of hydrogen-bond acceptors (Lipinski definition) is 2. The van der Waals surface area contributed by atoms with E-state index >= 15 is 0 Å². The Morgan fingerprint density at radius 3 is 2.54 bits per heavy atom. The van der Waals surface area contributed by atoms with Crippen molar-refractivity contribution in [2.75, 3.05) is 19.7 Å². The molecule has 0 aromatic carbocycles. The molecule has 1 saturated heterocycles. The first-order valence-corrected chi connectivity index (χ1v) is 6.42. The Bertz CT molecular complexity index is 192. The Balaban J connectivity index is 2.41. The van der Waals surface area contributed by atoms with E-state index < -0.39 is 7.75 Å². The molecule has 0 aromatic heterocycles. The van der Waals surface area contributed by atoms with E-state index in [0.717, 1.165) is 25.7 Å². The molecule has 13 heavy (non-hydrogen) atoms. The molecule has 0 aliphatic carbocycles. The Morgan fingerprint density at radius 2 is 2.00 bits per heavy atom. The van der Waals surface area contributed by atoms with E-state index in [1.54, 1.807) is 4.67 Å². The van der Waals surface area contributed by atoms with Gasteiger partial charge in [-0.05, 0) is 19.3 Å². The lowest BCUT2D eigenvalue weighted by Gasteiger charge is -2.29. The highest BCUT2D eigenvalue weighted by Crippen LogP contribution is 2.47. The van der Waals surface area contributed by atoms with E-state index in [0.29, 0.717) is 19.7 Å². The van der Waals surface area contributed by atoms with Crippen molar-refractivity contribution in [3.63, 3.8) is 0 Å². The second-order valence-electron chi connectivity index (χ2n) is 3.34. The Hall–Kier alpha value is 0.110. The van der Waals surface area contributed by atoms with Crippen LogP contribution in [0.15, 0.2) is 0 Å². The lowest BCUT2D eigenvalue weighted by molar-refractivity contribution is 0.189.